The maximum Gasteiger partial charge on any atom is 0.416 e. The molecule has 156 valence electrons. The second kappa shape index (κ2) is 8.11. The lowest BCUT2D eigenvalue weighted by atomic mass is 10.0. The number of aryl methyl sites for hydroxylation is 1. The number of halogens is 3. The van der Waals surface area contributed by atoms with Crippen LogP contribution in [0.15, 0.2) is 46.3 Å². The molecule has 0 saturated carbocycles. The minimum atomic E-state index is -4.49. The van der Waals surface area contributed by atoms with Gasteiger partial charge in [0.25, 0.3) is 5.91 Å². The Hall–Kier alpha value is -3.08. The van der Waals surface area contributed by atoms with Crippen LogP contribution < -0.4 is 16.8 Å². The minimum Gasteiger partial charge on any atom is -0.370 e. The van der Waals surface area contributed by atoms with Crippen LogP contribution >= 0.6 is 0 Å². The number of sulfone groups is 1. The maximum atomic E-state index is 12.7. The smallest absolute Gasteiger partial charge is 0.370 e. The Labute approximate surface area is 165 Å². The SMILES string of the molecule is CCc1cc(Nc2ccc(C(F)(F)F)cc2)c(S(C)(=O)=O)cc1C(=O)N=C(N)N. The second-order valence-corrected chi connectivity index (χ2v) is 8.16. The zero-order valence-corrected chi connectivity index (χ0v) is 16.4. The molecule has 7 nitrogen and oxygen atoms in total. The molecule has 0 saturated heterocycles. The Morgan fingerprint density at radius 2 is 1.72 bits per heavy atom. The number of nitrogens with one attached hydrogen (secondary N) is 1. The average molecular weight is 428 g/mol. The molecule has 0 atom stereocenters. The molecular formula is C18H19F3N4O3S. The Morgan fingerprint density at radius 1 is 1.14 bits per heavy atom. The van der Waals surface area contributed by atoms with Gasteiger partial charge < -0.3 is 16.8 Å². The Bertz CT molecular complexity index is 1060. The van der Waals surface area contributed by atoms with Crippen molar-refractivity contribution in [2.45, 2.75) is 24.4 Å². The van der Waals surface area contributed by atoms with Crippen molar-refractivity contribution in [1.82, 2.24) is 0 Å². The first-order valence-electron chi connectivity index (χ1n) is 8.28. The van der Waals surface area contributed by atoms with Gasteiger partial charge in [-0.15, -0.1) is 0 Å². The quantitative estimate of drug-likeness (QED) is 0.496. The van der Waals surface area contributed by atoms with Gasteiger partial charge in [-0.1, -0.05) is 6.92 Å². The van der Waals surface area contributed by atoms with Gasteiger partial charge in [-0.3, -0.25) is 4.79 Å². The number of amides is 1. The topological polar surface area (TPSA) is 128 Å². The van der Waals surface area contributed by atoms with Gasteiger partial charge in [-0.05, 0) is 48.4 Å². The van der Waals surface area contributed by atoms with Crippen LogP contribution in [0.2, 0.25) is 0 Å². The maximum absolute atomic E-state index is 12.7. The molecule has 2 rings (SSSR count). The van der Waals surface area contributed by atoms with Crippen molar-refractivity contribution in [2.75, 3.05) is 11.6 Å². The highest BCUT2D eigenvalue weighted by Gasteiger charge is 2.30. The summed E-state index contributed by atoms with van der Waals surface area (Å²) >= 11 is 0. The minimum absolute atomic E-state index is 0.0132. The number of rotatable bonds is 5. The van der Waals surface area contributed by atoms with Crippen molar-refractivity contribution < 1.29 is 26.4 Å². The summed E-state index contributed by atoms with van der Waals surface area (Å²) in [5.74, 6) is -1.27. The normalized spacial score (nSPS) is 11.8. The van der Waals surface area contributed by atoms with E-state index in [4.69, 9.17) is 11.5 Å². The highest BCUT2D eigenvalue weighted by atomic mass is 32.2. The van der Waals surface area contributed by atoms with Gasteiger partial charge in [0.2, 0.25) is 0 Å². The molecule has 0 unspecified atom stereocenters. The fourth-order valence-electron chi connectivity index (χ4n) is 2.60. The third kappa shape index (κ3) is 5.47. The van der Waals surface area contributed by atoms with Gasteiger partial charge in [0.05, 0.1) is 16.1 Å². The van der Waals surface area contributed by atoms with Gasteiger partial charge in [-0.2, -0.15) is 18.2 Å². The van der Waals surface area contributed by atoms with E-state index in [9.17, 15) is 26.4 Å². The van der Waals surface area contributed by atoms with Gasteiger partial charge in [0, 0.05) is 17.5 Å². The Kier molecular flexibility index (Phi) is 6.21. The molecule has 2 aromatic rings. The number of hydrogen-bond acceptors (Lipinski definition) is 4. The second-order valence-electron chi connectivity index (χ2n) is 6.17. The number of hydrogen-bond donors (Lipinski definition) is 3. The first kappa shape index (κ1) is 22.2. The molecule has 0 bridgehead atoms. The largest absolute Gasteiger partial charge is 0.416 e. The van der Waals surface area contributed by atoms with E-state index in [0.717, 1.165) is 24.5 Å². The van der Waals surface area contributed by atoms with Crippen LogP contribution in [0.4, 0.5) is 24.5 Å². The predicted molar refractivity (Wildman–Crippen MR) is 104 cm³/mol. The molecule has 0 aliphatic rings. The van der Waals surface area contributed by atoms with E-state index in [-0.39, 0.29) is 21.8 Å². The molecule has 5 N–H and O–H groups in total. The summed E-state index contributed by atoms with van der Waals surface area (Å²) in [6, 6.07) is 6.69. The highest BCUT2D eigenvalue weighted by molar-refractivity contribution is 7.90. The van der Waals surface area contributed by atoms with Gasteiger partial charge in [-0.25, -0.2) is 8.42 Å². The third-order valence-electron chi connectivity index (χ3n) is 3.94. The summed E-state index contributed by atoms with van der Waals surface area (Å²) in [5, 5.41) is 2.80. The monoisotopic (exact) mass is 428 g/mol. The zero-order chi connectivity index (χ0) is 22.0. The number of carbonyl (C=O) groups is 1. The van der Waals surface area contributed by atoms with E-state index in [1.54, 1.807) is 6.92 Å². The summed E-state index contributed by atoms with van der Waals surface area (Å²) < 4.78 is 62.6. The lowest BCUT2D eigenvalue weighted by Gasteiger charge is -2.16. The molecule has 0 radical (unpaired) electrons. The average Bonchev–Trinajstić information content (AvgIpc) is 2.59. The molecule has 1 amide bonds. The third-order valence-corrected chi connectivity index (χ3v) is 5.07. The van der Waals surface area contributed by atoms with Gasteiger partial charge in [0.1, 0.15) is 0 Å². The van der Waals surface area contributed by atoms with Crippen LogP contribution in [-0.4, -0.2) is 26.5 Å². The molecule has 0 aliphatic carbocycles. The van der Waals surface area contributed by atoms with Crippen molar-refractivity contribution in [2.24, 2.45) is 16.5 Å². The van der Waals surface area contributed by atoms with E-state index in [0.29, 0.717) is 12.0 Å². The van der Waals surface area contributed by atoms with Crippen molar-refractivity contribution in [3.8, 4) is 0 Å². The lowest BCUT2D eigenvalue weighted by molar-refractivity contribution is -0.137. The Balaban J connectivity index is 2.56. The van der Waals surface area contributed by atoms with Crippen LogP contribution in [0.3, 0.4) is 0 Å². The molecule has 0 spiro atoms. The van der Waals surface area contributed by atoms with Crippen LogP contribution in [0.25, 0.3) is 0 Å². The van der Waals surface area contributed by atoms with Crippen LogP contribution in [-0.2, 0) is 22.4 Å². The summed E-state index contributed by atoms with van der Waals surface area (Å²) in [4.78, 5) is 15.5. The highest BCUT2D eigenvalue weighted by Crippen LogP contribution is 2.32. The van der Waals surface area contributed by atoms with Crippen LogP contribution in [0, 0.1) is 0 Å². The Morgan fingerprint density at radius 3 is 2.17 bits per heavy atom. The fraction of sp³-hybridized carbons (Fsp3) is 0.222. The van der Waals surface area contributed by atoms with E-state index in [1.807, 2.05) is 0 Å². The molecule has 0 fully saturated rings. The number of alkyl halides is 3. The number of benzene rings is 2. The molecule has 11 heteroatoms. The van der Waals surface area contributed by atoms with Gasteiger partial charge >= 0.3 is 6.18 Å². The lowest BCUT2D eigenvalue weighted by Crippen LogP contribution is -2.24. The number of nitrogens with zero attached hydrogens (tertiary/aromatic N) is 1. The number of guanidine groups is 1. The van der Waals surface area contributed by atoms with E-state index >= 15 is 0 Å². The summed E-state index contributed by atoms with van der Waals surface area (Å²) in [7, 11) is -3.80. The fourth-order valence-corrected chi connectivity index (χ4v) is 3.44. The molecular weight excluding hydrogens is 409 g/mol. The molecule has 0 heterocycles. The summed E-state index contributed by atoms with van der Waals surface area (Å²) in [6.45, 7) is 1.74. The molecule has 29 heavy (non-hydrogen) atoms. The first-order valence-corrected chi connectivity index (χ1v) is 10.2. The zero-order valence-electron chi connectivity index (χ0n) is 15.5. The van der Waals surface area contributed by atoms with Crippen molar-refractivity contribution in [3.05, 3.63) is 53.1 Å². The molecule has 0 aliphatic heterocycles. The number of nitrogens with two attached hydrogens (primary N) is 2. The van der Waals surface area contributed by atoms with Gasteiger partial charge in [0.15, 0.2) is 15.8 Å². The predicted octanol–water partition coefficient (Wildman–Crippen LogP) is 2.83. The first-order chi connectivity index (χ1) is 13.3. The van der Waals surface area contributed by atoms with Crippen LogP contribution in [0.1, 0.15) is 28.4 Å². The van der Waals surface area contributed by atoms with Crippen LogP contribution in [0.5, 0.6) is 0 Å². The summed E-state index contributed by atoms with van der Waals surface area (Å²) in [5.41, 5.74) is 10.4. The molecule has 2 aromatic carbocycles. The van der Waals surface area contributed by atoms with Crippen molar-refractivity contribution in [1.29, 1.82) is 0 Å². The van der Waals surface area contributed by atoms with E-state index in [2.05, 4.69) is 10.3 Å². The standard InChI is InChI=1S/C18H19F3N4O3S/c1-3-10-8-14(24-12-6-4-11(5-7-12)18(19,20)21)15(29(2,27)28)9-13(10)16(26)25-17(22)23/h4-9,24H,3H2,1-2H3,(H4,22,23,25,26). The summed E-state index contributed by atoms with van der Waals surface area (Å²) in [6.07, 6.45) is -3.19. The van der Waals surface area contributed by atoms with E-state index < -0.39 is 33.4 Å². The van der Waals surface area contributed by atoms with Crippen molar-refractivity contribution >= 4 is 33.1 Å². The van der Waals surface area contributed by atoms with Crippen molar-refractivity contribution in [3.63, 3.8) is 0 Å². The number of anilines is 2. The van der Waals surface area contributed by atoms with E-state index in [1.165, 1.54) is 18.2 Å². The number of aliphatic imine (C=N–C) groups is 1. The number of carbonyl (C=O) groups excluding carboxylic acids is 1. The molecule has 0 aromatic heterocycles.